The van der Waals surface area contributed by atoms with Crippen molar-refractivity contribution in [3.8, 4) is 11.3 Å². The molecular formula is C21H28N4O2. The van der Waals surface area contributed by atoms with Crippen LogP contribution in [0.2, 0.25) is 0 Å². The predicted octanol–water partition coefficient (Wildman–Crippen LogP) is 4.81. The first-order valence-corrected chi connectivity index (χ1v) is 9.58. The van der Waals surface area contributed by atoms with E-state index >= 15 is 0 Å². The molecule has 144 valence electrons. The van der Waals surface area contributed by atoms with Gasteiger partial charge in [0.05, 0.1) is 22.8 Å². The van der Waals surface area contributed by atoms with Gasteiger partial charge in [0.15, 0.2) is 5.65 Å². The highest BCUT2D eigenvalue weighted by atomic mass is 16.3. The van der Waals surface area contributed by atoms with Crippen molar-refractivity contribution in [2.75, 3.05) is 0 Å². The molecule has 0 fully saturated rings. The van der Waals surface area contributed by atoms with Crippen molar-refractivity contribution in [1.29, 1.82) is 0 Å². The second-order valence-corrected chi connectivity index (χ2v) is 7.47. The molecule has 0 aliphatic carbocycles. The molecule has 3 heterocycles. The summed E-state index contributed by atoms with van der Waals surface area (Å²) in [6.45, 7) is 12.1. The van der Waals surface area contributed by atoms with Crippen LogP contribution < -0.4 is 5.32 Å². The van der Waals surface area contributed by atoms with Gasteiger partial charge in [-0.2, -0.15) is 5.10 Å². The van der Waals surface area contributed by atoms with Crippen molar-refractivity contribution < 1.29 is 9.21 Å². The molecule has 0 aliphatic rings. The molecule has 1 atom stereocenters. The molecule has 0 saturated heterocycles. The molecule has 1 N–H and O–H groups in total. The van der Waals surface area contributed by atoms with Crippen LogP contribution in [0.4, 0.5) is 0 Å². The average molecular weight is 368 g/mol. The number of carbonyl (C=O) groups is 1. The topological polar surface area (TPSA) is 73.0 Å². The second kappa shape index (κ2) is 7.55. The lowest BCUT2D eigenvalue weighted by Crippen LogP contribution is -2.32. The minimum absolute atomic E-state index is 0.0919. The molecule has 0 bridgehead atoms. The molecule has 6 heteroatoms. The largest absolute Gasteiger partial charge is 0.466 e. The van der Waals surface area contributed by atoms with E-state index in [2.05, 4.69) is 31.2 Å². The molecule has 0 saturated carbocycles. The summed E-state index contributed by atoms with van der Waals surface area (Å²) in [6.07, 6.45) is 3.70. The summed E-state index contributed by atoms with van der Waals surface area (Å²) in [4.78, 5) is 17.8. The van der Waals surface area contributed by atoms with Gasteiger partial charge >= 0.3 is 0 Å². The summed E-state index contributed by atoms with van der Waals surface area (Å²) in [5, 5.41) is 8.34. The van der Waals surface area contributed by atoms with Gasteiger partial charge in [-0.3, -0.25) is 4.79 Å². The molecule has 0 aromatic carbocycles. The summed E-state index contributed by atoms with van der Waals surface area (Å²) in [7, 11) is 0. The fourth-order valence-electron chi connectivity index (χ4n) is 3.41. The van der Waals surface area contributed by atoms with E-state index in [9.17, 15) is 4.79 Å². The Labute approximate surface area is 160 Å². The van der Waals surface area contributed by atoms with E-state index < -0.39 is 0 Å². The highest BCUT2D eigenvalue weighted by molar-refractivity contribution is 6.06. The number of hydrogen-bond acceptors (Lipinski definition) is 4. The third-order valence-corrected chi connectivity index (χ3v) is 4.72. The second-order valence-electron chi connectivity index (χ2n) is 7.47. The van der Waals surface area contributed by atoms with E-state index in [0.717, 1.165) is 41.0 Å². The minimum atomic E-state index is -0.0919. The van der Waals surface area contributed by atoms with Crippen LogP contribution in [0, 0.1) is 13.8 Å². The SMILES string of the molecule is CCCC(C)NC(=O)c1cc(-c2cc(C)oc2C)nc2c1cnn2C(C)C. The average Bonchev–Trinajstić information content (AvgIpc) is 3.16. The lowest BCUT2D eigenvalue weighted by atomic mass is 10.1. The van der Waals surface area contributed by atoms with Gasteiger partial charge in [-0.25, -0.2) is 9.67 Å². The predicted molar refractivity (Wildman–Crippen MR) is 107 cm³/mol. The van der Waals surface area contributed by atoms with Crippen LogP contribution in [0.5, 0.6) is 0 Å². The van der Waals surface area contributed by atoms with Gasteiger partial charge in [0, 0.05) is 17.6 Å². The molecule has 6 nitrogen and oxygen atoms in total. The normalized spacial score (nSPS) is 12.7. The van der Waals surface area contributed by atoms with Crippen LogP contribution in [0.3, 0.4) is 0 Å². The summed E-state index contributed by atoms with van der Waals surface area (Å²) in [5.41, 5.74) is 2.95. The third kappa shape index (κ3) is 3.75. The zero-order valence-corrected chi connectivity index (χ0v) is 17.0. The van der Waals surface area contributed by atoms with Gasteiger partial charge in [0.1, 0.15) is 11.5 Å². The van der Waals surface area contributed by atoms with Gasteiger partial charge in [-0.15, -0.1) is 0 Å². The maximum atomic E-state index is 13.0. The van der Waals surface area contributed by atoms with Crippen LogP contribution in [0.25, 0.3) is 22.3 Å². The molecule has 27 heavy (non-hydrogen) atoms. The van der Waals surface area contributed by atoms with E-state index in [4.69, 9.17) is 9.40 Å². The lowest BCUT2D eigenvalue weighted by molar-refractivity contribution is 0.0940. The van der Waals surface area contributed by atoms with Crippen molar-refractivity contribution in [3.05, 3.63) is 35.4 Å². The summed E-state index contributed by atoms with van der Waals surface area (Å²) >= 11 is 0. The van der Waals surface area contributed by atoms with E-state index in [1.807, 2.05) is 37.6 Å². The molecule has 1 unspecified atom stereocenters. The molecule has 0 radical (unpaired) electrons. The number of fused-ring (bicyclic) bond motifs is 1. The van der Waals surface area contributed by atoms with Crippen LogP contribution in [0.15, 0.2) is 22.7 Å². The van der Waals surface area contributed by atoms with Gasteiger partial charge in [-0.05, 0) is 53.2 Å². The monoisotopic (exact) mass is 368 g/mol. The summed E-state index contributed by atoms with van der Waals surface area (Å²) < 4.78 is 7.53. The first kappa shape index (κ1) is 19.1. The number of nitrogens with zero attached hydrogens (tertiary/aromatic N) is 3. The Hall–Kier alpha value is -2.63. The van der Waals surface area contributed by atoms with E-state index in [0.29, 0.717) is 11.2 Å². The van der Waals surface area contributed by atoms with Gasteiger partial charge in [-0.1, -0.05) is 13.3 Å². The maximum absolute atomic E-state index is 13.0. The zero-order valence-electron chi connectivity index (χ0n) is 17.0. The highest BCUT2D eigenvalue weighted by Gasteiger charge is 2.21. The van der Waals surface area contributed by atoms with Crippen molar-refractivity contribution in [1.82, 2.24) is 20.1 Å². The van der Waals surface area contributed by atoms with Crippen LogP contribution in [0.1, 0.15) is 68.5 Å². The smallest absolute Gasteiger partial charge is 0.252 e. The molecule has 0 spiro atoms. The van der Waals surface area contributed by atoms with Gasteiger partial charge < -0.3 is 9.73 Å². The Morgan fingerprint density at radius 2 is 2.00 bits per heavy atom. The number of furan rings is 1. The lowest BCUT2D eigenvalue weighted by Gasteiger charge is -2.14. The van der Waals surface area contributed by atoms with Crippen LogP contribution in [-0.2, 0) is 0 Å². The number of aromatic nitrogens is 3. The minimum Gasteiger partial charge on any atom is -0.466 e. The van der Waals surface area contributed by atoms with E-state index in [-0.39, 0.29) is 18.0 Å². The van der Waals surface area contributed by atoms with E-state index in [1.54, 1.807) is 6.20 Å². The van der Waals surface area contributed by atoms with Crippen LogP contribution in [-0.4, -0.2) is 26.7 Å². The molecule has 3 rings (SSSR count). The third-order valence-electron chi connectivity index (χ3n) is 4.72. The number of aryl methyl sites for hydroxylation is 2. The fraction of sp³-hybridized carbons (Fsp3) is 0.476. The molecule has 3 aromatic heterocycles. The summed E-state index contributed by atoms with van der Waals surface area (Å²) in [5.74, 6) is 1.52. The maximum Gasteiger partial charge on any atom is 0.252 e. The molecular weight excluding hydrogens is 340 g/mol. The Morgan fingerprint density at radius 3 is 2.59 bits per heavy atom. The molecule has 0 aliphatic heterocycles. The number of pyridine rings is 1. The standard InChI is InChI=1S/C21H28N4O2/c1-7-8-13(4)23-21(26)17-10-19(16-9-14(5)27-15(16)6)24-20-18(17)11-22-25(20)12(2)3/h9-13H,7-8H2,1-6H3,(H,23,26). The fourth-order valence-corrected chi connectivity index (χ4v) is 3.41. The van der Waals surface area contributed by atoms with Crippen molar-refractivity contribution in [3.63, 3.8) is 0 Å². The van der Waals surface area contributed by atoms with Crippen molar-refractivity contribution >= 4 is 16.9 Å². The molecule has 3 aromatic rings. The van der Waals surface area contributed by atoms with Gasteiger partial charge in [0.2, 0.25) is 0 Å². The number of nitrogens with one attached hydrogen (secondary N) is 1. The number of rotatable bonds is 6. The quantitative estimate of drug-likeness (QED) is 0.678. The van der Waals surface area contributed by atoms with E-state index in [1.165, 1.54) is 0 Å². The zero-order chi connectivity index (χ0) is 19.7. The van der Waals surface area contributed by atoms with Crippen molar-refractivity contribution in [2.24, 2.45) is 0 Å². The number of carbonyl (C=O) groups excluding carboxylic acids is 1. The number of amides is 1. The first-order valence-electron chi connectivity index (χ1n) is 9.58. The Kier molecular flexibility index (Phi) is 5.35. The Morgan fingerprint density at radius 1 is 1.26 bits per heavy atom. The first-order chi connectivity index (χ1) is 12.8. The number of hydrogen-bond donors (Lipinski definition) is 1. The van der Waals surface area contributed by atoms with Gasteiger partial charge in [0.25, 0.3) is 5.91 Å². The van der Waals surface area contributed by atoms with Crippen LogP contribution >= 0.6 is 0 Å². The molecule has 1 amide bonds. The summed E-state index contributed by atoms with van der Waals surface area (Å²) in [6, 6.07) is 4.07. The highest BCUT2D eigenvalue weighted by Crippen LogP contribution is 2.30. The Bertz CT molecular complexity index is 968. The Balaban J connectivity index is 2.16. The van der Waals surface area contributed by atoms with Crippen molar-refractivity contribution in [2.45, 2.75) is 66.5 Å².